The van der Waals surface area contributed by atoms with Gasteiger partial charge in [0.25, 0.3) is 0 Å². The lowest BCUT2D eigenvalue weighted by Gasteiger charge is -2.19. The molecule has 3 N–H and O–H groups in total. The molecule has 7 heteroatoms. The highest BCUT2D eigenvalue weighted by atomic mass is 16.4. The smallest absolute Gasteiger partial charge is 0.322 e. The number of nitrogens with two attached hydrogens (primary N) is 1. The van der Waals surface area contributed by atoms with Crippen LogP contribution in [0.4, 0.5) is 5.95 Å². The van der Waals surface area contributed by atoms with Gasteiger partial charge in [-0.2, -0.15) is 10.1 Å². The third-order valence-electron chi connectivity index (χ3n) is 1.82. The zero-order valence-corrected chi connectivity index (χ0v) is 8.08. The third kappa shape index (κ3) is 2.19. The van der Waals surface area contributed by atoms with Crippen LogP contribution in [-0.4, -0.2) is 45.5 Å². The van der Waals surface area contributed by atoms with Gasteiger partial charge >= 0.3 is 5.97 Å². The van der Waals surface area contributed by atoms with Crippen molar-refractivity contribution in [3.05, 3.63) is 6.33 Å². The van der Waals surface area contributed by atoms with Crippen molar-refractivity contribution in [3.63, 3.8) is 0 Å². The quantitative estimate of drug-likeness (QED) is 0.623. The Bertz CT molecular complexity index is 324. The molecule has 0 aliphatic heterocycles. The highest BCUT2D eigenvalue weighted by Gasteiger charge is 2.16. The van der Waals surface area contributed by atoms with E-state index in [1.54, 1.807) is 23.7 Å². The second-order valence-corrected chi connectivity index (χ2v) is 3.01. The molecule has 0 aliphatic carbocycles. The predicted molar refractivity (Wildman–Crippen MR) is 49.9 cm³/mol. The van der Waals surface area contributed by atoms with Gasteiger partial charge in [0, 0.05) is 20.6 Å². The summed E-state index contributed by atoms with van der Waals surface area (Å²) < 4.78 is 1.55. The van der Waals surface area contributed by atoms with Gasteiger partial charge in [-0.1, -0.05) is 0 Å². The molecule has 1 heterocycles. The maximum atomic E-state index is 10.5. The van der Waals surface area contributed by atoms with Crippen LogP contribution in [0.15, 0.2) is 6.33 Å². The van der Waals surface area contributed by atoms with Crippen LogP contribution in [0, 0.1) is 0 Å². The number of aromatic nitrogens is 3. The van der Waals surface area contributed by atoms with Crippen LogP contribution < -0.4 is 10.6 Å². The van der Waals surface area contributed by atoms with Gasteiger partial charge in [0.2, 0.25) is 5.95 Å². The molecule has 0 fully saturated rings. The number of hydrogen-bond donors (Lipinski definition) is 2. The maximum absolute atomic E-state index is 10.5. The molecule has 0 aliphatic rings. The predicted octanol–water partition coefficient (Wildman–Crippen LogP) is -1.34. The molecule has 1 aromatic heterocycles. The van der Waals surface area contributed by atoms with Gasteiger partial charge < -0.3 is 15.7 Å². The van der Waals surface area contributed by atoms with Crippen molar-refractivity contribution in [2.75, 3.05) is 18.5 Å². The standard InChI is InChI=1S/C7H13N5O2/c1-11(3-5(8)6(13)14)7-9-4-10-12(7)2/h4-5H,3,8H2,1-2H3,(H,13,14)/t5-/m0/s1. The summed E-state index contributed by atoms with van der Waals surface area (Å²) in [6, 6.07) is -0.920. The molecule has 0 saturated heterocycles. The lowest BCUT2D eigenvalue weighted by Crippen LogP contribution is -2.42. The van der Waals surface area contributed by atoms with Crippen LogP contribution in [0.25, 0.3) is 0 Å². The summed E-state index contributed by atoms with van der Waals surface area (Å²) in [5.74, 6) is -0.444. The summed E-state index contributed by atoms with van der Waals surface area (Å²) in [5.41, 5.74) is 5.37. The van der Waals surface area contributed by atoms with Crippen LogP contribution in [0.2, 0.25) is 0 Å². The fraction of sp³-hybridized carbons (Fsp3) is 0.571. The number of likely N-dealkylation sites (N-methyl/N-ethyl adjacent to an activating group) is 1. The molecule has 0 amide bonds. The molecule has 1 aromatic rings. The number of aryl methyl sites for hydroxylation is 1. The van der Waals surface area contributed by atoms with Gasteiger partial charge in [-0.05, 0) is 0 Å². The Kier molecular flexibility index (Phi) is 3.03. The summed E-state index contributed by atoms with van der Waals surface area (Å²) in [6.07, 6.45) is 1.40. The van der Waals surface area contributed by atoms with E-state index in [-0.39, 0.29) is 6.54 Å². The first-order chi connectivity index (χ1) is 6.52. The molecule has 1 atom stereocenters. The molecule has 0 radical (unpaired) electrons. The highest BCUT2D eigenvalue weighted by molar-refractivity contribution is 5.73. The first-order valence-electron chi connectivity index (χ1n) is 4.06. The number of hydrogen-bond acceptors (Lipinski definition) is 5. The molecule has 14 heavy (non-hydrogen) atoms. The molecule has 0 aromatic carbocycles. The van der Waals surface area contributed by atoms with E-state index in [1.165, 1.54) is 6.33 Å². The summed E-state index contributed by atoms with van der Waals surface area (Å²) in [4.78, 5) is 16.1. The van der Waals surface area contributed by atoms with Crippen LogP contribution in [-0.2, 0) is 11.8 Å². The van der Waals surface area contributed by atoms with E-state index in [9.17, 15) is 4.79 Å². The van der Waals surface area contributed by atoms with Crippen molar-refractivity contribution in [2.45, 2.75) is 6.04 Å². The van der Waals surface area contributed by atoms with Gasteiger partial charge in [-0.25, -0.2) is 4.68 Å². The second-order valence-electron chi connectivity index (χ2n) is 3.01. The van der Waals surface area contributed by atoms with Crippen molar-refractivity contribution in [1.82, 2.24) is 14.8 Å². The number of carbonyl (C=O) groups is 1. The van der Waals surface area contributed by atoms with E-state index in [4.69, 9.17) is 10.8 Å². The molecule has 78 valence electrons. The zero-order valence-electron chi connectivity index (χ0n) is 8.08. The van der Waals surface area contributed by atoms with E-state index in [0.29, 0.717) is 5.95 Å². The van der Waals surface area contributed by atoms with E-state index in [1.807, 2.05) is 0 Å². The number of anilines is 1. The maximum Gasteiger partial charge on any atom is 0.322 e. The van der Waals surface area contributed by atoms with Crippen molar-refractivity contribution in [3.8, 4) is 0 Å². The molecule has 0 spiro atoms. The Hall–Kier alpha value is -1.63. The highest BCUT2D eigenvalue weighted by Crippen LogP contribution is 2.04. The van der Waals surface area contributed by atoms with Gasteiger partial charge in [-0.15, -0.1) is 0 Å². The van der Waals surface area contributed by atoms with Crippen molar-refractivity contribution >= 4 is 11.9 Å². The average Bonchev–Trinajstić information content (AvgIpc) is 2.51. The number of rotatable bonds is 4. The van der Waals surface area contributed by atoms with Gasteiger partial charge in [0.15, 0.2) is 0 Å². The summed E-state index contributed by atoms with van der Waals surface area (Å²) >= 11 is 0. The average molecular weight is 199 g/mol. The summed E-state index contributed by atoms with van der Waals surface area (Å²) in [6.45, 7) is 0.196. The lowest BCUT2D eigenvalue weighted by molar-refractivity contribution is -0.138. The van der Waals surface area contributed by atoms with Crippen LogP contribution >= 0.6 is 0 Å². The minimum atomic E-state index is -1.03. The molecule has 7 nitrogen and oxygen atoms in total. The minimum Gasteiger partial charge on any atom is -0.480 e. The first kappa shape index (κ1) is 10.5. The van der Waals surface area contributed by atoms with Crippen LogP contribution in [0.3, 0.4) is 0 Å². The summed E-state index contributed by atoms with van der Waals surface area (Å²) in [7, 11) is 3.44. The Balaban J connectivity index is 2.63. The van der Waals surface area contributed by atoms with E-state index in [0.717, 1.165) is 0 Å². The van der Waals surface area contributed by atoms with Gasteiger partial charge in [0.05, 0.1) is 0 Å². The monoisotopic (exact) mass is 199 g/mol. The number of nitrogens with zero attached hydrogens (tertiary/aromatic N) is 4. The lowest BCUT2D eigenvalue weighted by atomic mass is 10.3. The number of carboxylic acid groups (broad SMARTS) is 1. The normalized spacial score (nSPS) is 12.5. The Morgan fingerprint density at radius 2 is 2.50 bits per heavy atom. The molecule has 0 unspecified atom stereocenters. The van der Waals surface area contributed by atoms with Crippen molar-refractivity contribution in [1.29, 1.82) is 0 Å². The zero-order chi connectivity index (χ0) is 10.7. The van der Waals surface area contributed by atoms with E-state index >= 15 is 0 Å². The minimum absolute atomic E-state index is 0.196. The Labute approximate surface area is 81.1 Å². The fourth-order valence-corrected chi connectivity index (χ4v) is 1.09. The van der Waals surface area contributed by atoms with Gasteiger partial charge in [0.1, 0.15) is 12.4 Å². The van der Waals surface area contributed by atoms with E-state index < -0.39 is 12.0 Å². The van der Waals surface area contributed by atoms with Crippen molar-refractivity contribution < 1.29 is 9.90 Å². The molecule has 0 saturated carbocycles. The number of carboxylic acids is 1. The van der Waals surface area contributed by atoms with E-state index in [2.05, 4.69) is 10.1 Å². The first-order valence-corrected chi connectivity index (χ1v) is 4.06. The molecule has 1 rings (SSSR count). The third-order valence-corrected chi connectivity index (χ3v) is 1.82. The topological polar surface area (TPSA) is 97.3 Å². The summed E-state index contributed by atoms with van der Waals surface area (Å²) in [5, 5.41) is 12.5. The SMILES string of the molecule is CN(C[C@H](N)C(=O)O)c1ncnn1C. The van der Waals surface area contributed by atoms with Crippen LogP contribution in [0.1, 0.15) is 0 Å². The van der Waals surface area contributed by atoms with Crippen molar-refractivity contribution in [2.24, 2.45) is 12.8 Å². The second kappa shape index (κ2) is 4.05. The van der Waals surface area contributed by atoms with Crippen LogP contribution in [0.5, 0.6) is 0 Å². The van der Waals surface area contributed by atoms with Gasteiger partial charge in [-0.3, -0.25) is 4.79 Å². The Morgan fingerprint density at radius 1 is 1.86 bits per heavy atom. The molecular formula is C7H13N5O2. The number of aliphatic carboxylic acids is 1. The Morgan fingerprint density at radius 3 is 2.93 bits per heavy atom. The molecular weight excluding hydrogens is 186 g/mol. The molecule has 0 bridgehead atoms. The fourth-order valence-electron chi connectivity index (χ4n) is 1.09. The largest absolute Gasteiger partial charge is 0.480 e.